The number of imidazole rings is 1. The summed E-state index contributed by atoms with van der Waals surface area (Å²) in [7, 11) is 0. The van der Waals surface area contributed by atoms with E-state index < -0.39 is 0 Å². The van der Waals surface area contributed by atoms with Gasteiger partial charge in [0.1, 0.15) is 0 Å². The molecule has 17 heavy (non-hydrogen) atoms. The smallest absolute Gasteiger partial charge is 0.195 e. The van der Waals surface area contributed by atoms with Crippen molar-refractivity contribution in [2.45, 2.75) is 20.3 Å². The van der Waals surface area contributed by atoms with Crippen molar-refractivity contribution in [2.75, 3.05) is 13.1 Å². The number of halogens is 1. The standard InChI is InChI=1S/C12H16ClN3S/c1-3-9(8-14-4-2)7-10-11(13)15-12-16(10)5-6-17-12/h5-7,14H,3-4,8H2,1-2H3. The van der Waals surface area contributed by atoms with Crippen LogP contribution in [0.1, 0.15) is 26.0 Å². The molecule has 0 fully saturated rings. The lowest BCUT2D eigenvalue weighted by molar-refractivity contribution is 0.762. The Kier molecular flexibility index (Phi) is 4.20. The minimum Gasteiger partial charge on any atom is -0.313 e. The van der Waals surface area contributed by atoms with Crippen LogP contribution in [0.5, 0.6) is 0 Å². The monoisotopic (exact) mass is 269 g/mol. The van der Waals surface area contributed by atoms with Gasteiger partial charge in [0.2, 0.25) is 0 Å². The molecule has 0 aliphatic carbocycles. The van der Waals surface area contributed by atoms with Gasteiger partial charge in [-0.2, -0.15) is 0 Å². The third-order valence-electron chi connectivity index (χ3n) is 2.65. The van der Waals surface area contributed by atoms with E-state index in [4.69, 9.17) is 11.6 Å². The van der Waals surface area contributed by atoms with Gasteiger partial charge < -0.3 is 5.32 Å². The lowest BCUT2D eigenvalue weighted by Crippen LogP contribution is -2.15. The van der Waals surface area contributed by atoms with Gasteiger partial charge in [-0.05, 0) is 19.0 Å². The summed E-state index contributed by atoms with van der Waals surface area (Å²) in [5.74, 6) is 0. The van der Waals surface area contributed by atoms with E-state index in [1.807, 2.05) is 16.0 Å². The molecule has 0 bridgehead atoms. The van der Waals surface area contributed by atoms with E-state index >= 15 is 0 Å². The summed E-state index contributed by atoms with van der Waals surface area (Å²) in [5, 5.41) is 5.94. The van der Waals surface area contributed by atoms with Crippen LogP contribution in [-0.4, -0.2) is 22.5 Å². The Bertz CT molecular complexity index is 527. The molecule has 0 unspecified atom stereocenters. The molecule has 5 heteroatoms. The molecule has 92 valence electrons. The molecule has 2 aromatic heterocycles. The van der Waals surface area contributed by atoms with Gasteiger partial charge in [0, 0.05) is 18.1 Å². The molecule has 0 saturated carbocycles. The van der Waals surface area contributed by atoms with Crippen LogP contribution >= 0.6 is 22.9 Å². The average Bonchev–Trinajstić information content (AvgIpc) is 2.87. The second-order valence-corrected chi connectivity index (χ2v) is 5.01. The van der Waals surface area contributed by atoms with Crippen molar-refractivity contribution in [2.24, 2.45) is 0 Å². The van der Waals surface area contributed by atoms with Crippen molar-refractivity contribution in [3.63, 3.8) is 0 Å². The lowest BCUT2D eigenvalue weighted by Gasteiger charge is -2.05. The maximum Gasteiger partial charge on any atom is 0.195 e. The minimum atomic E-state index is 0.583. The average molecular weight is 270 g/mol. The van der Waals surface area contributed by atoms with E-state index in [9.17, 15) is 0 Å². The Balaban J connectivity index is 2.34. The van der Waals surface area contributed by atoms with Gasteiger partial charge in [0.25, 0.3) is 0 Å². The molecular weight excluding hydrogens is 254 g/mol. The van der Waals surface area contributed by atoms with Gasteiger partial charge in [-0.1, -0.05) is 31.0 Å². The topological polar surface area (TPSA) is 29.3 Å². The van der Waals surface area contributed by atoms with Crippen LogP contribution in [0.25, 0.3) is 11.0 Å². The number of fused-ring (bicyclic) bond motifs is 1. The van der Waals surface area contributed by atoms with Gasteiger partial charge in [0.15, 0.2) is 10.1 Å². The van der Waals surface area contributed by atoms with E-state index in [-0.39, 0.29) is 0 Å². The molecule has 2 heterocycles. The highest BCUT2D eigenvalue weighted by molar-refractivity contribution is 7.15. The highest BCUT2D eigenvalue weighted by Gasteiger charge is 2.09. The van der Waals surface area contributed by atoms with Crippen molar-refractivity contribution in [3.05, 3.63) is 28.0 Å². The van der Waals surface area contributed by atoms with E-state index in [2.05, 4.69) is 30.2 Å². The van der Waals surface area contributed by atoms with Crippen LogP contribution in [0.2, 0.25) is 5.15 Å². The Morgan fingerprint density at radius 3 is 3.12 bits per heavy atom. The Hall–Kier alpha value is -0.840. The number of hydrogen-bond donors (Lipinski definition) is 1. The molecule has 3 nitrogen and oxygen atoms in total. The highest BCUT2D eigenvalue weighted by atomic mass is 35.5. The third kappa shape index (κ3) is 2.70. The quantitative estimate of drug-likeness (QED) is 0.901. The largest absolute Gasteiger partial charge is 0.313 e. The molecule has 0 saturated heterocycles. The van der Waals surface area contributed by atoms with Crippen LogP contribution in [0.3, 0.4) is 0 Å². The first-order valence-electron chi connectivity index (χ1n) is 5.77. The number of hydrogen-bond acceptors (Lipinski definition) is 3. The first-order valence-corrected chi connectivity index (χ1v) is 7.03. The first-order chi connectivity index (χ1) is 8.26. The summed E-state index contributed by atoms with van der Waals surface area (Å²) in [6, 6.07) is 0. The molecule has 0 aromatic carbocycles. The lowest BCUT2D eigenvalue weighted by atomic mass is 10.1. The molecule has 0 atom stereocenters. The molecular formula is C12H16ClN3S. The van der Waals surface area contributed by atoms with Crippen molar-refractivity contribution in [1.82, 2.24) is 14.7 Å². The van der Waals surface area contributed by atoms with Crippen LogP contribution in [-0.2, 0) is 0 Å². The Morgan fingerprint density at radius 1 is 1.59 bits per heavy atom. The third-order valence-corrected chi connectivity index (χ3v) is 3.69. The Morgan fingerprint density at radius 2 is 2.41 bits per heavy atom. The number of nitrogens with zero attached hydrogens (tertiary/aromatic N) is 2. The van der Waals surface area contributed by atoms with E-state index in [1.165, 1.54) is 5.57 Å². The van der Waals surface area contributed by atoms with Crippen LogP contribution in [0.4, 0.5) is 0 Å². The summed E-state index contributed by atoms with van der Waals surface area (Å²) in [5.41, 5.74) is 2.32. The molecule has 0 aliphatic heterocycles. The molecule has 0 amide bonds. The molecule has 2 rings (SSSR count). The zero-order valence-corrected chi connectivity index (χ0v) is 11.6. The van der Waals surface area contributed by atoms with Gasteiger partial charge in [-0.25, -0.2) is 4.98 Å². The fourth-order valence-electron chi connectivity index (χ4n) is 1.66. The molecule has 0 aliphatic rings. The number of likely N-dealkylation sites (N-methyl/N-ethyl adjacent to an activating group) is 1. The SMILES string of the molecule is CCNCC(=Cc1c(Cl)nc2sccn12)CC. The number of aromatic nitrogens is 2. The summed E-state index contributed by atoms with van der Waals surface area (Å²) >= 11 is 7.75. The van der Waals surface area contributed by atoms with Crippen LogP contribution in [0.15, 0.2) is 17.2 Å². The van der Waals surface area contributed by atoms with Crippen molar-refractivity contribution in [1.29, 1.82) is 0 Å². The number of rotatable bonds is 5. The summed E-state index contributed by atoms with van der Waals surface area (Å²) in [4.78, 5) is 5.27. The van der Waals surface area contributed by atoms with Gasteiger partial charge in [-0.3, -0.25) is 4.40 Å². The van der Waals surface area contributed by atoms with Gasteiger partial charge in [-0.15, -0.1) is 11.3 Å². The predicted octanol–water partition coefficient (Wildman–Crippen LogP) is 3.45. The highest BCUT2D eigenvalue weighted by Crippen LogP contribution is 2.23. The first kappa shape index (κ1) is 12.6. The predicted molar refractivity (Wildman–Crippen MR) is 74.9 cm³/mol. The Labute approximate surface area is 110 Å². The number of nitrogens with one attached hydrogen (secondary N) is 1. The minimum absolute atomic E-state index is 0.583. The summed E-state index contributed by atoms with van der Waals surface area (Å²) < 4.78 is 2.04. The molecule has 2 aromatic rings. The maximum atomic E-state index is 6.15. The van der Waals surface area contributed by atoms with E-state index in [0.717, 1.165) is 30.2 Å². The van der Waals surface area contributed by atoms with Gasteiger partial charge >= 0.3 is 0 Å². The van der Waals surface area contributed by atoms with Crippen LogP contribution in [0, 0.1) is 0 Å². The van der Waals surface area contributed by atoms with Crippen LogP contribution < -0.4 is 5.32 Å². The fourth-order valence-corrected chi connectivity index (χ4v) is 2.66. The number of thiazole rings is 1. The van der Waals surface area contributed by atoms with Crippen molar-refractivity contribution < 1.29 is 0 Å². The zero-order chi connectivity index (χ0) is 12.3. The second-order valence-electron chi connectivity index (χ2n) is 3.78. The van der Waals surface area contributed by atoms with Crippen molar-refractivity contribution >= 4 is 34.0 Å². The van der Waals surface area contributed by atoms with Crippen molar-refractivity contribution in [3.8, 4) is 0 Å². The summed E-state index contributed by atoms with van der Waals surface area (Å²) in [6.45, 7) is 6.14. The zero-order valence-electron chi connectivity index (χ0n) is 10.0. The molecule has 0 spiro atoms. The second kappa shape index (κ2) is 5.67. The normalized spacial score (nSPS) is 12.5. The van der Waals surface area contributed by atoms with E-state index in [0.29, 0.717) is 5.15 Å². The maximum absolute atomic E-state index is 6.15. The molecule has 0 radical (unpaired) electrons. The fraction of sp³-hybridized carbons (Fsp3) is 0.417. The summed E-state index contributed by atoms with van der Waals surface area (Å²) in [6.07, 6.45) is 5.16. The van der Waals surface area contributed by atoms with Gasteiger partial charge in [0.05, 0.1) is 5.69 Å². The van der Waals surface area contributed by atoms with E-state index in [1.54, 1.807) is 11.3 Å². The molecule has 1 N–H and O–H groups in total.